The van der Waals surface area contributed by atoms with Gasteiger partial charge in [0.25, 0.3) is 0 Å². The zero-order chi connectivity index (χ0) is 9.97. The van der Waals surface area contributed by atoms with Crippen molar-refractivity contribution in [3.05, 3.63) is 24.4 Å². The van der Waals surface area contributed by atoms with E-state index in [1.54, 1.807) is 0 Å². The summed E-state index contributed by atoms with van der Waals surface area (Å²) in [5.41, 5.74) is 0. The quantitative estimate of drug-likeness (QED) is 0.677. The molecule has 1 saturated heterocycles. The van der Waals surface area contributed by atoms with Gasteiger partial charge in [-0.3, -0.25) is 0 Å². The maximum absolute atomic E-state index is 5.67. The first-order valence-corrected chi connectivity index (χ1v) is 5.07. The first-order chi connectivity index (χ1) is 6.75. The van der Waals surface area contributed by atoms with Crippen molar-refractivity contribution in [1.29, 1.82) is 0 Å². The molecule has 76 valence electrons. The predicted octanol–water partition coefficient (Wildman–Crippen LogP) is 1.70. The van der Waals surface area contributed by atoms with Crippen molar-refractivity contribution in [3.63, 3.8) is 0 Å². The topological polar surface area (TPSA) is 25.4 Å². The minimum atomic E-state index is 0.292. The third-order valence-electron chi connectivity index (χ3n) is 2.39. The maximum atomic E-state index is 5.67. The number of ether oxygens (including phenoxy) is 1. The van der Waals surface area contributed by atoms with E-state index in [2.05, 4.69) is 23.7 Å². The van der Waals surface area contributed by atoms with Crippen molar-refractivity contribution < 1.29 is 4.74 Å². The Morgan fingerprint density at radius 3 is 2.57 bits per heavy atom. The summed E-state index contributed by atoms with van der Waals surface area (Å²) < 4.78 is 5.67. The zero-order valence-electron chi connectivity index (χ0n) is 8.68. The van der Waals surface area contributed by atoms with E-state index in [1.165, 1.54) is 0 Å². The fourth-order valence-electron chi connectivity index (χ4n) is 1.91. The van der Waals surface area contributed by atoms with E-state index in [0.717, 1.165) is 18.9 Å². The molecule has 0 aromatic carbocycles. The van der Waals surface area contributed by atoms with Crippen molar-refractivity contribution in [3.8, 4) is 0 Å². The van der Waals surface area contributed by atoms with Crippen LogP contribution >= 0.6 is 0 Å². The standard InChI is InChI=1S/C11H16N2O/c1-9-7-13(8-10(2)14-9)11-5-3-4-6-12-11/h3-6,9-10H,7-8H2,1-2H3. The molecule has 0 spiro atoms. The summed E-state index contributed by atoms with van der Waals surface area (Å²) >= 11 is 0. The molecule has 1 aliphatic rings. The predicted molar refractivity (Wildman–Crippen MR) is 56.5 cm³/mol. The molecule has 2 heterocycles. The van der Waals surface area contributed by atoms with Crippen LogP contribution in [-0.4, -0.2) is 30.3 Å². The largest absolute Gasteiger partial charge is 0.372 e. The van der Waals surface area contributed by atoms with Gasteiger partial charge in [-0.25, -0.2) is 4.98 Å². The molecule has 2 unspecified atom stereocenters. The first-order valence-electron chi connectivity index (χ1n) is 5.07. The number of pyridine rings is 1. The van der Waals surface area contributed by atoms with Crippen molar-refractivity contribution in [2.45, 2.75) is 26.1 Å². The zero-order valence-corrected chi connectivity index (χ0v) is 8.68. The summed E-state index contributed by atoms with van der Waals surface area (Å²) in [6.07, 6.45) is 2.42. The molecule has 2 rings (SSSR count). The summed E-state index contributed by atoms with van der Waals surface area (Å²) in [6.45, 7) is 6.07. The van der Waals surface area contributed by atoms with E-state index in [-0.39, 0.29) is 0 Å². The average molecular weight is 192 g/mol. The van der Waals surface area contributed by atoms with E-state index in [0.29, 0.717) is 12.2 Å². The van der Waals surface area contributed by atoms with Gasteiger partial charge in [-0.2, -0.15) is 0 Å². The van der Waals surface area contributed by atoms with E-state index in [4.69, 9.17) is 4.74 Å². The molecule has 0 N–H and O–H groups in total. The fraction of sp³-hybridized carbons (Fsp3) is 0.545. The van der Waals surface area contributed by atoms with Gasteiger partial charge in [0, 0.05) is 19.3 Å². The van der Waals surface area contributed by atoms with Crippen molar-refractivity contribution in [2.75, 3.05) is 18.0 Å². The molecule has 0 amide bonds. The Balaban J connectivity index is 2.11. The molecule has 3 heteroatoms. The van der Waals surface area contributed by atoms with Crippen LogP contribution in [0.4, 0.5) is 5.82 Å². The molecule has 1 aromatic rings. The molecule has 0 radical (unpaired) electrons. The summed E-state index contributed by atoms with van der Waals surface area (Å²) in [7, 11) is 0. The molecule has 0 saturated carbocycles. The van der Waals surface area contributed by atoms with Crippen LogP contribution < -0.4 is 4.90 Å². The smallest absolute Gasteiger partial charge is 0.128 e. The molecule has 2 atom stereocenters. The number of rotatable bonds is 1. The van der Waals surface area contributed by atoms with Gasteiger partial charge in [-0.05, 0) is 26.0 Å². The summed E-state index contributed by atoms with van der Waals surface area (Å²) in [4.78, 5) is 6.62. The van der Waals surface area contributed by atoms with Gasteiger partial charge in [0.15, 0.2) is 0 Å². The SMILES string of the molecule is CC1CN(c2ccccn2)CC(C)O1. The number of nitrogens with zero attached hydrogens (tertiary/aromatic N) is 2. The van der Waals surface area contributed by atoms with Gasteiger partial charge in [0.1, 0.15) is 5.82 Å². The highest BCUT2D eigenvalue weighted by atomic mass is 16.5. The summed E-state index contributed by atoms with van der Waals surface area (Å²) in [5.74, 6) is 1.05. The van der Waals surface area contributed by atoms with Gasteiger partial charge in [-0.15, -0.1) is 0 Å². The highest BCUT2D eigenvalue weighted by Crippen LogP contribution is 2.17. The Labute approximate surface area is 84.7 Å². The van der Waals surface area contributed by atoms with Crippen molar-refractivity contribution in [1.82, 2.24) is 4.98 Å². The molecular formula is C11H16N2O. The molecule has 0 bridgehead atoms. The lowest BCUT2D eigenvalue weighted by Crippen LogP contribution is -2.45. The van der Waals surface area contributed by atoms with Crippen LogP contribution in [0.3, 0.4) is 0 Å². The molecule has 0 aliphatic carbocycles. The van der Waals surface area contributed by atoms with Gasteiger partial charge >= 0.3 is 0 Å². The van der Waals surface area contributed by atoms with Gasteiger partial charge in [0.2, 0.25) is 0 Å². The Bertz CT molecular complexity index is 279. The Hall–Kier alpha value is -1.09. The third-order valence-corrected chi connectivity index (χ3v) is 2.39. The van der Waals surface area contributed by atoms with Crippen LogP contribution in [0.25, 0.3) is 0 Å². The second-order valence-electron chi connectivity index (χ2n) is 3.85. The lowest BCUT2D eigenvalue weighted by atomic mass is 10.2. The average Bonchev–Trinajstić information content (AvgIpc) is 2.18. The Morgan fingerprint density at radius 2 is 2.00 bits per heavy atom. The number of hydrogen-bond donors (Lipinski definition) is 0. The van der Waals surface area contributed by atoms with Crippen LogP contribution in [-0.2, 0) is 4.74 Å². The van der Waals surface area contributed by atoms with Crippen LogP contribution in [0.1, 0.15) is 13.8 Å². The highest BCUT2D eigenvalue weighted by Gasteiger charge is 2.22. The van der Waals surface area contributed by atoms with Crippen molar-refractivity contribution in [2.24, 2.45) is 0 Å². The number of anilines is 1. The second-order valence-corrected chi connectivity index (χ2v) is 3.85. The Morgan fingerprint density at radius 1 is 1.29 bits per heavy atom. The van der Waals surface area contributed by atoms with Crippen molar-refractivity contribution >= 4 is 5.82 Å². The van der Waals surface area contributed by atoms with Gasteiger partial charge in [-0.1, -0.05) is 6.07 Å². The van der Waals surface area contributed by atoms with E-state index in [1.807, 2.05) is 24.4 Å². The van der Waals surface area contributed by atoms with E-state index in [9.17, 15) is 0 Å². The maximum Gasteiger partial charge on any atom is 0.128 e. The van der Waals surface area contributed by atoms with Crippen LogP contribution in [0.15, 0.2) is 24.4 Å². The number of aromatic nitrogens is 1. The van der Waals surface area contributed by atoms with Gasteiger partial charge in [0.05, 0.1) is 12.2 Å². The number of morpholine rings is 1. The molecule has 1 fully saturated rings. The van der Waals surface area contributed by atoms with E-state index < -0.39 is 0 Å². The molecule has 1 aromatic heterocycles. The summed E-state index contributed by atoms with van der Waals surface area (Å²) in [6, 6.07) is 6.01. The lowest BCUT2D eigenvalue weighted by molar-refractivity contribution is -0.00545. The van der Waals surface area contributed by atoms with Crippen LogP contribution in [0.5, 0.6) is 0 Å². The second kappa shape index (κ2) is 3.96. The normalized spacial score (nSPS) is 27.7. The molecule has 14 heavy (non-hydrogen) atoms. The fourth-order valence-corrected chi connectivity index (χ4v) is 1.91. The van der Waals surface area contributed by atoms with Crippen LogP contribution in [0, 0.1) is 0 Å². The minimum absolute atomic E-state index is 0.292. The Kier molecular flexibility index (Phi) is 2.68. The van der Waals surface area contributed by atoms with E-state index >= 15 is 0 Å². The molecule has 1 aliphatic heterocycles. The van der Waals surface area contributed by atoms with Crippen LogP contribution in [0.2, 0.25) is 0 Å². The monoisotopic (exact) mass is 192 g/mol. The minimum Gasteiger partial charge on any atom is -0.372 e. The molecular weight excluding hydrogens is 176 g/mol. The lowest BCUT2D eigenvalue weighted by Gasteiger charge is -2.35. The number of hydrogen-bond acceptors (Lipinski definition) is 3. The molecule has 3 nitrogen and oxygen atoms in total. The van der Waals surface area contributed by atoms with Gasteiger partial charge < -0.3 is 9.64 Å². The summed E-state index contributed by atoms with van der Waals surface area (Å²) in [5, 5.41) is 0. The first kappa shape index (κ1) is 9.46. The highest BCUT2D eigenvalue weighted by molar-refractivity contribution is 5.38. The third kappa shape index (κ3) is 2.04.